The molecule has 0 saturated heterocycles. The number of benzene rings is 4. The molecule has 6 heteroatoms. The summed E-state index contributed by atoms with van der Waals surface area (Å²) in [6, 6.07) is 43.4. The van der Waals surface area contributed by atoms with E-state index in [4.69, 9.17) is 0 Å². The summed E-state index contributed by atoms with van der Waals surface area (Å²) in [5, 5.41) is 7.65. The largest absolute Gasteiger partial charge is 2.00 e. The Labute approximate surface area is 334 Å². The summed E-state index contributed by atoms with van der Waals surface area (Å²) >= 11 is 0. The van der Waals surface area contributed by atoms with Crippen LogP contribution >= 0.6 is 0 Å². The minimum atomic E-state index is 0. The molecule has 0 radical (unpaired) electrons. The SMILES string of the molecule is CC(C)c1cc2c(-c3cccc4cccnc34)cccc2[cH-]1.CC(C)c1cc2c(-c3cccc4cccnc34)cccc2[cH-]1.[Cl-].[Cl-].[Zr+2].[Zr+2]. The second kappa shape index (κ2) is 17.3. The molecule has 0 unspecified atom stereocenters. The van der Waals surface area contributed by atoms with Crippen LogP contribution in [0.2, 0.25) is 0 Å². The number of fused-ring (bicyclic) bond motifs is 4. The van der Waals surface area contributed by atoms with E-state index in [9.17, 15) is 0 Å². The van der Waals surface area contributed by atoms with Crippen molar-refractivity contribution < 1.29 is 77.2 Å². The Morgan fingerprint density at radius 3 is 1.21 bits per heavy atom. The van der Waals surface area contributed by atoms with Gasteiger partial charge in [0.1, 0.15) is 0 Å². The average Bonchev–Trinajstić information content (AvgIpc) is 3.70. The predicted octanol–water partition coefficient (Wildman–Crippen LogP) is 5.80. The molecule has 48 heavy (non-hydrogen) atoms. The number of halogens is 2. The van der Waals surface area contributed by atoms with Gasteiger partial charge in [0.25, 0.3) is 0 Å². The molecular formula is C42H36Cl2N2Zr2. The van der Waals surface area contributed by atoms with Crippen LogP contribution in [0.25, 0.3) is 65.6 Å². The monoisotopic (exact) mass is 818 g/mol. The molecule has 0 fully saturated rings. The van der Waals surface area contributed by atoms with Gasteiger partial charge in [0, 0.05) is 23.2 Å². The smallest absolute Gasteiger partial charge is 1.00 e. The van der Waals surface area contributed by atoms with Gasteiger partial charge in [0.15, 0.2) is 0 Å². The Morgan fingerprint density at radius 1 is 0.458 bits per heavy atom. The van der Waals surface area contributed by atoms with Crippen LogP contribution in [0.1, 0.15) is 50.7 Å². The number of para-hydroxylation sites is 2. The Bertz CT molecular complexity index is 2090. The number of nitrogens with zero attached hydrogens (tertiary/aromatic N) is 2. The van der Waals surface area contributed by atoms with E-state index in [1.54, 1.807) is 0 Å². The van der Waals surface area contributed by atoms with Gasteiger partial charge >= 0.3 is 52.4 Å². The fraction of sp³-hybridized carbons (Fsp3) is 0.143. The first-order chi connectivity index (χ1) is 21.5. The van der Waals surface area contributed by atoms with E-state index in [-0.39, 0.29) is 77.2 Å². The molecule has 8 rings (SSSR count). The van der Waals surface area contributed by atoms with Crippen LogP contribution in [0.4, 0.5) is 0 Å². The van der Waals surface area contributed by atoms with Crippen LogP contribution < -0.4 is 24.8 Å². The first-order valence-electron chi connectivity index (χ1n) is 15.5. The minimum Gasteiger partial charge on any atom is -1.00 e. The van der Waals surface area contributed by atoms with Gasteiger partial charge in [-0.3, -0.25) is 9.97 Å². The van der Waals surface area contributed by atoms with Gasteiger partial charge in [-0.25, -0.2) is 0 Å². The molecule has 0 aliphatic rings. The summed E-state index contributed by atoms with van der Waals surface area (Å²) in [4.78, 5) is 9.21. The molecular weight excluding hydrogens is 786 g/mol. The van der Waals surface area contributed by atoms with E-state index in [0.29, 0.717) is 11.8 Å². The maximum Gasteiger partial charge on any atom is 2.00 e. The van der Waals surface area contributed by atoms with Crippen LogP contribution in [0.5, 0.6) is 0 Å². The quantitative estimate of drug-likeness (QED) is 0.210. The molecule has 2 aromatic heterocycles. The zero-order valence-electron chi connectivity index (χ0n) is 27.5. The summed E-state index contributed by atoms with van der Waals surface area (Å²) in [6.07, 6.45) is 3.74. The maximum absolute atomic E-state index is 4.61. The third-order valence-electron chi connectivity index (χ3n) is 8.73. The normalized spacial score (nSPS) is 10.6. The number of hydrogen-bond acceptors (Lipinski definition) is 2. The summed E-state index contributed by atoms with van der Waals surface area (Å²) < 4.78 is 0. The molecule has 0 bridgehead atoms. The molecule has 0 aliphatic heterocycles. The first kappa shape index (κ1) is 39.7. The molecule has 2 heterocycles. The van der Waals surface area contributed by atoms with Crippen molar-refractivity contribution in [1.29, 1.82) is 0 Å². The molecule has 0 N–H and O–H groups in total. The molecule has 2 nitrogen and oxygen atoms in total. The van der Waals surface area contributed by atoms with Crippen LogP contribution in [0.15, 0.2) is 134 Å². The fourth-order valence-electron chi connectivity index (χ4n) is 6.30. The summed E-state index contributed by atoms with van der Waals surface area (Å²) in [7, 11) is 0. The topological polar surface area (TPSA) is 25.8 Å². The van der Waals surface area contributed by atoms with E-state index in [2.05, 4.69) is 147 Å². The number of aromatic nitrogens is 2. The van der Waals surface area contributed by atoms with Crippen LogP contribution in [0.3, 0.4) is 0 Å². The van der Waals surface area contributed by atoms with Crippen LogP contribution in [-0.2, 0) is 52.4 Å². The molecule has 6 aromatic carbocycles. The number of pyridine rings is 2. The average molecular weight is 822 g/mol. The molecule has 0 amide bonds. The minimum absolute atomic E-state index is 0. The third-order valence-corrected chi connectivity index (χ3v) is 8.73. The first-order valence-corrected chi connectivity index (χ1v) is 15.5. The van der Waals surface area contributed by atoms with Crippen molar-refractivity contribution in [1.82, 2.24) is 9.97 Å². The van der Waals surface area contributed by atoms with Gasteiger partial charge in [0.05, 0.1) is 11.0 Å². The van der Waals surface area contributed by atoms with Gasteiger partial charge in [-0.15, -0.1) is 69.1 Å². The molecule has 0 aliphatic carbocycles. The summed E-state index contributed by atoms with van der Waals surface area (Å²) in [6.45, 7) is 8.97. The van der Waals surface area contributed by atoms with Crippen molar-refractivity contribution in [2.45, 2.75) is 39.5 Å². The Balaban J connectivity index is 0.000000240. The molecule has 0 spiro atoms. The molecule has 0 atom stereocenters. The molecule has 8 aromatic rings. The Morgan fingerprint density at radius 2 is 0.812 bits per heavy atom. The van der Waals surface area contributed by atoms with E-state index >= 15 is 0 Å². The van der Waals surface area contributed by atoms with E-state index in [1.165, 1.54) is 65.7 Å². The number of rotatable bonds is 4. The molecule has 0 saturated carbocycles. The van der Waals surface area contributed by atoms with Crippen LogP contribution in [-0.4, -0.2) is 9.97 Å². The Kier molecular flexibility index (Phi) is 14.3. The van der Waals surface area contributed by atoms with Crippen molar-refractivity contribution in [3.63, 3.8) is 0 Å². The summed E-state index contributed by atoms with van der Waals surface area (Å²) in [5.74, 6) is 1.09. The van der Waals surface area contributed by atoms with Gasteiger partial charge in [-0.05, 0) is 35.1 Å². The van der Waals surface area contributed by atoms with Gasteiger partial charge < -0.3 is 24.8 Å². The van der Waals surface area contributed by atoms with Crippen molar-refractivity contribution in [2.75, 3.05) is 0 Å². The summed E-state index contributed by atoms with van der Waals surface area (Å²) in [5.41, 5.74) is 9.91. The standard InChI is InChI=1S/2C21H18N.2ClH.2Zr/c2*1-14(2)17-12-16-7-4-9-18(20(16)13-17)19-10-3-6-15-8-5-11-22-21(15)19;;;;/h2*3-14H,1-2H3;2*1H;;/q2*-1;;;2*+2/p-2. The zero-order valence-corrected chi connectivity index (χ0v) is 33.9. The van der Waals surface area contributed by atoms with Crippen molar-refractivity contribution in [3.8, 4) is 22.3 Å². The maximum atomic E-state index is 4.61. The zero-order chi connectivity index (χ0) is 30.2. The van der Waals surface area contributed by atoms with Gasteiger partial charge in [-0.1, -0.05) is 99.5 Å². The van der Waals surface area contributed by atoms with Crippen molar-refractivity contribution in [2.24, 2.45) is 0 Å². The molecule has 236 valence electrons. The Hall–Kier alpha value is -2.73. The van der Waals surface area contributed by atoms with Crippen LogP contribution in [0, 0.1) is 0 Å². The second-order valence-electron chi connectivity index (χ2n) is 12.3. The predicted molar refractivity (Wildman–Crippen MR) is 189 cm³/mol. The fourth-order valence-corrected chi connectivity index (χ4v) is 6.30. The van der Waals surface area contributed by atoms with Gasteiger partial charge in [-0.2, -0.15) is 12.1 Å². The van der Waals surface area contributed by atoms with E-state index in [0.717, 1.165) is 11.0 Å². The third kappa shape index (κ3) is 7.84. The second-order valence-corrected chi connectivity index (χ2v) is 12.3. The van der Waals surface area contributed by atoms with Crippen molar-refractivity contribution >= 4 is 43.4 Å². The number of hydrogen-bond donors (Lipinski definition) is 0. The van der Waals surface area contributed by atoms with E-state index in [1.807, 2.05) is 24.5 Å². The van der Waals surface area contributed by atoms with Gasteiger partial charge in [0.2, 0.25) is 0 Å². The van der Waals surface area contributed by atoms with E-state index < -0.39 is 0 Å². The van der Waals surface area contributed by atoms with Crippen molar-refractivity contribution in [3.05, 3.63) is 145 Å².